The molecule has 7 heteroatoms. The number of nitrogens with one attached hydrogen (secondary N) is 1. The maximum absolute atomic E-state index is 11.9. The van der Waals surface area contributed by atoms with Crippen LogP contribution in [0.15, 0.2) is 4.99 Å². The van der Waals surface area contributed by atoms with Crippen LogP contribution in [0.3, 0.4) is 0 Å². The molecule has 1 unspecified atom stereocenters. The second-order valence-electron chi connectivity index (χ2n) is 7.97. The summed E-state index contributed by atoms with van der Waals surface area (Å²) < 4.78 is 5.17. The minimum Gasteiger partial charge on any atom is -0.466 e. The van der Waals surface area contributed by atoms with Gasteiger partial charge in [0, 0.05) is 32.7 Å². The van der Waals surface area contributed by atoms with Crippen LogP contribution in [0.5, 0.6) is 0 Å². The summed E-state index contributed by atoms with van der Waals surface area (Å²) in [5.74, 6) is 1.67. The van der Waals surface area contributed by atoms with Gasteiger partial charge in [0.25, 0.3) is 0 Å². The van der Waals surface area contributed by atoms with Crippen molar-refractivity contribution in [2.45, 2.75) is 58.9 Å². The second-order valence-corrected chi connectivity index (χ2v) is 7.97. The molecule has 0 bridgehead atoms. The van der Waals surface area contributed by atoms with E-state index in [1.165, 1.54) is 32.4 Å². The molecular weight excluding hydrogens is 455 g/mol. The molecule has 1 N–H and O–H groups in total. The number of halogens is 1. The summed E-state index contributed by atoms with van der Waals surface area (Å²) >= 11 is 0. The lowest BCUT2D eigenvalue weighted by Crippen LogP contribution is -2.50. The third-order valence-corrected chi connectivity index (χ3v) is 5.52. The fraction of sp³-hybridized carbons (Fsp3) is 0.900. The highest BCUT2D eigenvalue weighted by Crippen LogP contribution is 2.20. The van der Waals surface area contributed by atoms with Gasteiger partial charge in [-0.1, -0.05) is 13.8 Å². The highest BCUT2D eigenvalue weighted by atomic mass is 127. The van der Waals surface area contributed by atoms with Crippen LogP contribution < -0.4 is 5.32 Å². The summed E-state index contributed by atoms with van der Waals surface area (Å²) in [7, 11) is 1.85. The fourth-order valence-electron chi connectivity index (χ4n) is 4.14. The fourth-order valence-corrected chi connectivity index (χ4v) is 4.14. The van der Waals surface area contributed by atoms with E-state index in [1.54, 1.807) is 0 Å². The predicted molar refractivity (Wildman–Crippen MR) is 122 cm³/mol. The molecule has 2 heterocycles. The molecule has 2 aliphatic heterocycles. The van der Waals surface area contributed by atoms with E-state index >= 15 is 0 Å². The first-order valence-electron chi connectivity index (χ1n) is 10.4. The van der Waals surface area contributed by atoms with Gasteiger partial charge in [0.1, 0.15) is 0 Å². The molecule has 0 amide bonds. The molecule has 2 saturated heterocycles. The topological polar surface area (TPSA) is 57.2 Å². The molecule has 2 aliphatic rings. The normalized spacial score (nSPS) is 20.5. The van der Waals surface area contributed by atoms with Gasteiger partial charge < -0.3 is 15.0 Å². The zero-order chi connectivity index (χ0) is 18.9. The first-order chi connectivity index (χ1) is 12.5. The third-order valence-electron chi connectivity index (χ3n) is 5.52. The van der Waals surface area contributed by atoms with Crippen LogP contribution in [0.25, 0.3) is 0 Å². The molecule has 0 aromatic rings. The van der Waals surface area contributed by atoms with Crippen molar-refractivity contribution < 1.29 is 9.53 Å². The second kappa shape index (κ2) is 12.8. The Morgan fingerprint density at radius 2 is 1.81 bits per heavy atom. The van der Waals surface area contributed by atoms with Crippen LogP contribution in [-0.2, 0) is 9.53 Å². The molecule has 27 heavy (non-hydrogen) atoms. The van der Waals surface area contributed by atoms with E-state index in [1.807, 2.05) is 14.0 Å². The van der Waals surface area contributed by atoms with Crippen LogP contribution in [0.1, 0.15) is 52.9 Å². The molecule has 2 rings (SSSR count). The van der Waals surface area contributed by atoms with Gasteiger partial charge in [-0.3, -0.25) is 14.7 Å². The molecule has 0 spiro atoms. The van der Waals surface area contributed by atoms with Crippen molar-refractivity contribution in [1.82, 2.24) is 15.1 Å². The summed E-state index contributed by atoms with van der Waals surface area (Å²) in [6.45, 7) is 12.1. The van der Waals surface area contributed by atoms with Crippen LogP contribution in [0.4, 0.5) is 0 Å². The Labute approximate surface area is 182 Å². The third kappa shape index (κ3) is 7.75. The monoisotopic (exact) mass is 494 g/mol. The van der Waals surface area contributed by atoms with E-state index in [0.717, 1.165) is 38.4 Å². The van der Waals surface area contributed by atoms with Crippen molar-refractivity contribution in [3.63, 3.8) is 0 Å². The molecule has 6 nitrogen and oxygen atoms in total. The highest BCUT2D eigenvalue weighted by molar-refractivity contribution is 14.0. The van der Waals surface area contributed by atoms with Crippen molar-refractivity contribution in [3.05, 3.63) is 0 Å². The summed E-state index contributed by atoms with van der Waals surface area (Å²) in [4.78, 5) is 21.3. The van der Waals surface area contributed by atoms with Crippen molar-refractivity contribution in [3.8, 4) is 0 Å². The number of carbonyl (C=O) groups excluding carboxylic acids is 1. The van der Waals surface area contributed by atoms with Crippen LogP contribution in [0.2, 0.25) is 0 Å². The lowest BCUT2D eigenvalue weighted by atomic mass is 9.97. The summed E-state index contributed by atoms with van der Waals surface area (Å²) in [5.41, 5.74) is 0. The van der Waals surface area contributed by atoms with Gasteiger partial charge >= 0.3 is 5.97 Å². The van der Waals surface area contributed by atoms with E-state index in [0.29, 0.717) is 18.6 Å². The molecule has 0 saturated carbocycles. The maximum atomic E-state index is 11.9. The Kier molecular flexibility index (Phi) is 11.6. The van der Waals surface area contributed by atoms with E-state index in [2.05, 4.69) is 34.0 Å². The van der Waals surface area contributed by atoms with Gasteiger partial charge in [-0.05, 0) is 58.0 Å². The molecule has 2 fully saturated rings. The number of likely N-dealkylation sites (tertiary alicyclic amines) is 2. The number of guanidine groups is 1. The zero-order valence-corrected chi connectivity index (χ0v) is 19.9. The summed E-state index contributed by atoms with van der Waals surface area (Å²) in [6, 6.07) is 0.575. The average Bonchev–Trinajstić information content (AvgIpc) is 3.16. The van der Waals surface area contributed by atoms with Crippen LogP contribution in [-0.4, -0.2) is 74.1 Å². The minimum atomic E-state index is -0.0406. The number of hydrogen-bond donors (Lipinski definition) is 1. The Bertz CT molecular complexity index is 459. The molecule has 158 valence electrons. The molecule has 0 aliphatic carbocycles. The first kappa shape index (κ1) is 24.5. The first-order valence-corrected chi connectivity index (χ1v) is 10.4. The standard InChI is InChI=1S/C20H38N4O2.HI/c1-5-26-19(25)17-8-12-24(13-9-17)20(21-4)22-15-18(14-16(2)3)23-10-6-7-11-23;/h16-18H,5-15H2,1-4H3,(H,21,22);1H. The minimum absolute atomic E-state index is 0. The molecule has 0 radical (unpaired) electrons. The lowest BCUT2D eigenvalue weighted by molar-refractivity contribution is -0.149. The van der Waals surface area contributed by atoms with E-state index in [4.69, 9.17) is 4.74 Å². The highest BCUT2D eigenvalue weighted by Gasteiger charge is 2.28. The molecule has 0 aromatic carbocycles. The molecule has 0 aromatic heterocycles. The molecular formula is C20H39IN4O2. The number of hydrogen-bond acceptors (Lipinski definition) is 4. The van der Waals surface area contributed by atoms with E-state index < -0.39 is 0 Å². The number of carbonyl (C=O) groups is 1. The van der Waals surface area contributed by atoms with E-state index in [9.17, 15) is 4.79 Å². The van der Waals surface area contributed by atoms with Gasteiger partial charge in [0.15, 0.2) is 5.96 Å². The Morgan fingerprint density at radius 1 is 1.19 bits per heavy atom. The zero-order valence-electron chi connectivity index (χ0n) is 17.6. The SMILES string of the molecule is CCOC(=O)C1CCN(C(=NC)NCC(CC(C)C)N2CCCC2)CC1.I. The lowest BCUT2D eigenvalue weighted by Gasteiger charge is -2.35. The van der Waals surface area contributed by atoms with Gasteiger partial charge in [0.2, 0.25) is 0 Å². The average molecular weight is 494 g/mol. The predicted octanol–water partition coefficient (Wildman–Crippen LogP) is 2.97. The maximum Gasteiger partial charge on any atom is 0.309 e. The number of ether oxygens (including phenoxy) is 1. The van der Waals surface area contributed by atoms with Crippen LogP contribution >= 0.6 is 24.0 Å². The smallest absolute Gasteiger partial charge is 0.309 e. The summed E-state index contributed by atoms with van der Waals surface area (Å²) in [5, 5.41) is 3.61. The van der Waals surface area contributed by atoms with Crippen molar-refractivity contribution in [2.75, 3.05) is 46.4 Å². The van der Waals surface area contributed by atoms with Crippen molar-refractivity contribution in [1.29, 1.82) is 0 Å². The number of aliphatic imine (C=N–C) groups is 1. The largest absolute Gasteiger partial charge is 0.466 e. The number of nitrogens with zero attached hydrogens (tertiary/aromatic N) is 3. The number of rotatable bonds is 7. The van der Waals surface area contributed by atoms with E-state index in [-0.39, 0.29) is 35.9 Å². The van der Waals surface area contributed by atoms with Gasteiger partial charge in [-0.25, -0.2) is 0 Å². The number of piperidine rings is 1. The Balaban J connectivity index is 0.00000364. The van der Waals surface area contributed by atoms with Crippen molar-refractivity contribution >= 4 is 35.9 Å². The van der Waals surface area contributed by atoms with Gasteiger partial charge in [0.05, 0.1) is 12.5 Å². The number of esters is 1. The Hall–Kier alpha value is -0.570. The Morgan fingerprint density at radius 3 is 2.33 bits per heavy atom. The van der Waals surface area contributed by atoms with Gasteiger partial charge in [-0.2, -0.15) is 0 Å². The summed E-state index contributed by atoms with van der Waals surface area (Å²) in [6.07, 6.45) is 5.56. The van der Waals surface area contributed by atoms with Gasteiger partial charge in [-0.15, -0.1) is 24.0 Å². The molecule has 1 atom stereocenters. The van der Waals surface area contributed by atoms with Crippen LogP contribution in [0, 0.1) is 11.8 Å². The quantitative estimate of drug-likeness (QED) is 0.255. The van der Waals surface area contributed by atoms with Crippen molar-refractivity contribution in [2.24, 2.45) is 16.8 Å².